The van der Waals surface area contributed by atoms with Crippen LogP contribution in [-0.4, -0.2) is 42.8 Å². The van der Waals surface area contributed by atoms with E-state index in [-0.39, 0.29) is 6.61 Å². The molecular formula is C17H29ClN2O. The van der Waals surface area contributed by atoms with E-state index in [1.807, 2.05) is 18.2 Å². The van der Waals surface area contributed by atoms with Gasteiger partial charge in [-0.2, -0.15) is 0 Å². The van der Waals surface area contributed by atoms with Crippen molar-refractivity contribution in [3.63, 3.8) is 0 Å². The fourth-order valence-corrected chi connectivity index (χ4v) is 2.73. The first kappa shape index (κ1) is 18.4. The number of halogens is 1. The number of hydrogen-bond acceptors (Lipinski definition) is 3. The molecule has 0 aliphatic rings. The zero-order valence-electron chi connectivity index (χ0n) is 13.3. The molecule has 0 spiro atoms. The molecule has 0 amide bonds. The number of aliphatic hydroxyl groups excluding tert-OH is 1. The van der Waals surface area contributed by atoms with Crippen molar-refractivity contribution < 1.29 is 5.11 Å². The minimum absolute atomic E-state index is 0.226. The summed E-state index contributed by atoms with van der Waals surface area (Å²) >= 11 is 6.11. The van der Waals surface area contributed by atoms with Crippen molar-refractivity contribution in [3.05, 3.63) is 34.9 Å². The Morgan fingerprint density at radius 3 is 2.62 bits per heavy atom. The SMILES string of the molecule is CCCNC(CCN(CCC)CCO)c1cccc(Cl)c1. The summed E-state index contributed by atoms with van der Waals surface area (Å²) in [5.74, 6) is 0. The third-order valence-electron chi connectivity index (χ3n) is 3.58. The summed E-state index contributed by atoms with van der Waals surface area (Å²) in [5.41, 5.74) is 1.25. The van der Waals surface area contributed by atoms with Crippen molar-refractivity contribution in [1.82, 2.24) is 10.2 Å². The van der Waals surface area contributed by atoms with Gasteiger partial charge in [0.1, 0.15) is 0 Å². The summed E-state index contributed by atoms with van der Waals surface area (Å²) in [4.78, 5) is 2.32. The van der Waals surface area contributed by atoms with Gasteiger partial charge in [-0.1, -0.05) is 37.6 Å². The summed E-state index contributed by atoms with van der Waals surface area (Å²) in [5, 5.41) is 13.5. The molecule has 0 fully saturated rings. The number of rotatable bonds is 11. The zero-order chi connectivity index (χ0) is 15.5. The van der Waals surface area contributed by atoms with Gasteiger partial charge in [-0.05, 0) is 50.0 Å². The average Bonchev–Trinajstić information content (AvgIpc) is 2.47. The molecule has 0 saturated carbocycles. The summed E-state index contributed by atoms with van der Waals surface area (Å²) in [6.45, 7) is 8.36. The van der Waals surface area contributed by atoms with Gasteiger partial charge in [0.15, 0.2) is 0 Å². The van der Waals surface area contributed by atoms with Crippen molar-refractivity contribution in [2.75, 3.05) is 32.8 Å². The first-order chi connectivity index (χ1) is 10.2. The lowest BCUT2D eigenvalue weighted by Crippen LogP contribution is -2.32. The summed E-state index contributed by atoms with van der Waals surface area (Å²) in [6, 6.07) is 8.43. The Morgan fingerprint density at radius 2 is 2.00 bits per heavy atom. The lowest BCUT2D eigenvalue weighted by molar-refractivity contribution is 0.189. The van der Waals surface area contributed by atoms with Crippen LogP contribution < -0.4 is 5.32 Å². The Bertz CT molecular complexity index is 381. The molecule has 2 N–H and O–H groups in total. The third kappa shape index (κ3) is 7.28. The van der Waals surface area contributed by atoms with Crippen molar-refractivity contribution in [2.45, 2.75) is 39.2 Å². The van der Waals surface area contributed by atoms with E-state index in [1.165, 1.54) is 5.56 Å². The van der Waals surface area contributed by atoms with Crippen molar-refractivity contribution in [2.24, 2.45) is 0 Å². The first-order valence-corrected chi connectivity index (χ1v) is 8.41. The Labute approximate surface area is 134 Å². The highest BCUT2D eigenvalue weighted by molar-refractivity contribution is 6.30. The predicted octanol–water partition coefficient (Wildman–Crippen LogP) is 3.48. The molecule has 1 aromatic rings. The predicted molar refractivity (Wildman–Crippen MR) is 90.9 cm³/mol. The van der Waals surface area contributed by atoms with Crippen LogP contribution in [0.15, 0.2) is 24.3 Å². The van der Waals surface area contributed by atoms with Crippen LogP contribution in [0, 0.1) is 0 Å². The quantitative estimate of drug-likeness (QED) is 0.656. The molecule has 0 saturated heterocycles. The number of benzene rings is 1. The van der Waals surface area contributed by atoms with Gasteiger partial charge < -0.3 is 15.3 Å². The van der Waals surface area contributed by atoms with Crippen molar-refractivity contribution in [1.29, 1.82) is 0 Å². The molecule has 3 nitrogen and oxygen atoms in total. The molecule has 0 radical (unpaired) electrons. The smallest absolute Gasteiger partial charge is 0.0558 e. The van der Waals surface area contributed by atoms with Gasteiger partial charge in [0.2, 0.25) is 0 Å². The maximum Gasteiger partial charge on any atom is 0.0558 e. The molecule has 120 valence electrons. The molecule has 1 rings (SSSR count). The highest BCUT2D eigenvalue weighted by Crippen LogP contribution is 2.21. The van der Waals surface area contributed by atoms with E-state index < -0.39 is 0 Å². The fraction of sp³-hybridized carbons (Fsp3) is 0.647. The molecule has 0 aromatic heterocycles. The van der Waals surface area contributed by atoms with Crippen molar-refractivity contribution >= 4 is 11.6 Å². The minimum atomic E-state index is 0.226. The van der Waals surface area contributed by atoms with Gasteiger partial charge in [0.05, 0.1) is 6.61 Å². The van der Waals surface area contributed by atoms with E-state index in [4.69, 9.17) is 16.7 Å². The largest absolute Gasteiger partial charge is 0.395 e. The second-order valence-corrected chi connectivity index (χ2v) is 5.85. The van der Waals surface area contributed by atoms with Gasteiger partial charge in [-0.3, -0.25) is 0 Å². The molecule has 0 heterocycles. The highest BCUT2D eigenvalue weighted by Gasteiger charge is 2.13. The van der Waals surface area contributed by atoms with Crippen LogP contribution in [0.4, 0.5) is 0 Å². The maximum absolute atomic E-state index is 9.15. The van der Waals surface area contributed by atoms with Crippen LogP contribution in [0.25, 0.3) is 0 Å². The van der Waals surface area contributed by atoms with Crippen LogP contribution >= 0.6 is 11.6 Å². The lowest BCUT2D eigenvalue weighted by atomic mass is 10.0. The van der Waals surface area contributed by atoms with E-state index in [0.717, 1.165) is 50.5 Å². The molecule has 4 heteroatoms. The van der Waals surface area contributed by atoms with Crippen LogP contribution in [0.1, 0.15) is 44.7 Å². The maximum atomic E-state index is 9.15. The minimum Gasteiger partial charge on any atom is -0.395 e. The van der Waals surface area contributed by atoms with Gasteiger partial charge in [-0.25, -0.2) is 0 Å². The van der Waals surface area contributed by atoms with Crippen LogP contribution in [0.2, 0.25) is 5.02 Å². The molecule has 0 aliphatic carbocycles. The lowest BCUT2D eigenvalue weighted by Gasteiger charge is -2.25. The van der Waals surface area contributed by atoms with E-state index in [9.17, 15) is 0 Å². The first-order valence-electron chi connectivity index (χ1n) is 8.03. The summed E-state index contributed by atoms with van der Waals surface area (Å²) in [6.07, 6.45) is 3.26. The van der Waals surface area contributed by atoms with Crippen LogP contribution in [0.5, 0.6) is 0 Å². The zero-order valence-corrected chi connectivity index (χ0v) is 14.1. The summed E-state index contributed by atoms with van der Waals surface area (Å²) in [7, 11) is 0. The third-order valence-corrected chi connectivity index (χ3v) is 3.82. The second-order valence-electron chi connectivity index (χ2n) is 5.42. The molecule has 0 aliphatic heterocycles. The number of nitrogens with zero attached hydrogens (tertiary/aromatic N) is 1. The Kier molecular flexibility index (Phi) is 9.68. The molecule has 1 unspecified atom stereocenters. The standard InChI is InChI=1S/C17H29ClN2O/c1-3-9-19-17(15-6-5-7-16(18)14-15)8-11-20(10-4-2)12-13-21/h5-7,14,17,19,21H,3-4,8-13H2,1-2H3. The van der Waals surface area contributed by atoms with Crippen LogP contribution in [-0.2, 0) is 0 Å². The van der Waals surface area contributed by atoms with E-state index >= 15 is 0 Å². The molecule has 1 atom stereocenters. The van der Waals surface area contributed by atoms with Crippen molar-refractivity contribution in [3.8, 4) is 0 Å². The summed E-state index contributed by atoms with van der Waals surface area (Å²) < 4.78 is 0. The average molecular weight is 313 g/mol. The number of nitrogens with one attached hydrogen (secondary N) is 1. The monoisotopic (exact) mass is 312 g/mol. The van der Waals surface area contributed by atoms with Gasteiger partial charge >= 0.3 is 0 Å². The van der Waals surface area contributed by atoms with Gasteiger partial charge in [0.25, 0.3) is 0 Å². The Hall–Kier alpha value is -0.610. The fourth-order valence-electron chi connectivity index (χ4n) is 2.53. The molecular weight excluding hydrogens is 284 g/mol. The van der Waals surface area contributed by atoms with E-state index in [2.05, 4.69) is 30.1 Å². The topological polar surface area (TPSA) is 35.5 Å². The van der Waals surface area contributed by atoms with E-state index in [1.54, 1.807) is 0 Å². The van der Waals surface area contributed by atoms with Gasteiger partial charge in [-0.15, -0.1) is 0 Å². The Morgan fingerprint density at radius 1 is 1.19 bits per heavy atom. The number of hydrogen-bond donors (Lipinski definition) is 2. The molecule has 0 bridgehead atoms. The second kappa shape index (κ2) is 11.0. The van der Waals surface area contributed by atoms with E-state index in [0.29, 0.717) is 6.04 Å². The van der Waals surface area contributed by atoms with Crippen LogP contribution in [0.3, 0.4) is 0 Å². The Balaban J connectivity index is 2.64. The van der Waals surface area contributed by atoms with Gasteiger partial charge in [0, 0.05) is 24.2 Å². The highest BCUT2D eigenvalue weighted by atomic mass is 35.5. The molecule has 1 aromatic carbocycles. The normalized spacial score (nSPS) is 12.8. The molecule has 21 heavy (non-hydrogen) atoms. The number of aliphatic hydroxyl groups is 1.